The number of rotatable bonds is 4. The average Bonchev–Trinajstić information content (AvgIpc) is 2.65. The highest BCUT2D eigenvalue weighted by molar-refractivity contribution is 5.97. The first-order valence-corrected chi connectivity index (χ1v) is 9.07. The molecule has 3 heteroatoms. The lowest BCUT2D eigenvalue weighted by atomic mass is 10.0. The lowest BCUT2D eigenvalue weighted by molar-refractivity contribution is 0.206. The van der Waals surface area contributed by atoms with Gasteiger partial charge < -0.3 is 10.2 Å². The summed E-state index contributed by atoms with van der Waals surface area (Å²) < 4.78 is 0. The van der Waals surface area contributed by atoms with Crippen LogP contribution in [0.2, 0.25) is 0 Å². The monoisotopic (exact) mass is 319 g/mol. The van der Waals surface area contributed by atoms with E-state index in [9.17, 15) is 0 Å². The molecule has 0 atom stereocenters. The third-order valence-electron chi connectivity index (χ3n) is 5.30. The molecular weight excluding hydrogens is 294 g/mol. The second-order valence-electron chi connectivity index (χ2n) is 6.71. The Morgan fingerprint density at radius 1 is 0.958 bits per heavy atom. The maximum atomic E-state index is 4.82. The maximum absolute atomic E-state index is 4.82. The van der Waals surface area contributed by atoms with Crippen molar-refractivity contribution >= 4 is 21.8 Å². The van der Waals surface area contributed by atoms with Crippen molar-refractivity contribution < 1.29 is 0 Å². The summed E-state index contributed by atoms with van der Waals surface area (Å²) in [5, 5.41) is 6.36. The van der Waals surface area contributed by atoms with Gasteiger partial charge in [-0.25, -0.2) is 4.98 Å². The molecule has 3 nitrogen and oxygen atoms in total. The molecule has 0 unspecified atom stereocenters. The van der Waals surface area contributed by atoms with E-state index < -0.39 is 0 Å². The smallest absolute Gasteiger partial charge is 0.0713 e. The fraction of sp³-hybridized carbons (Fsp3) is 0.381. The summed E-state index contributed by atoms with van der Waals surface area (Å²) in [6.07, 6.45) is 2.49. The van der Waals surface area contributed by atoms with E-state index in [0.717, 1.165) is 17.6 Å². The fourth-order valence-electron chi connectivity index (χ4n) is 3.82. The van der Waals surface area contributed by atoms with Crippen LogP contribution in [-0.2, 0) is 6.54 Å². The number of nitrogens with one attached hydrogen (secondary N) is 1. The molecule has 2 aromatic carbocycles. The molecule has 0 aliphatic carbocycles. The number of pyridine rings is 1. The molecule has 0 spiro atoms. The van der Waals surface area contributed by atoms with Gasteiger partial charge in [0, 0.05) is 23.4 Å². The minimum atomic E-state index is 0.624. The number of fused-ring (bicyclic) bond motifs is 2. The van der Waals surface area contributed by atoms with Crippen LogP contribution in [0.4, 0.5) is 0 Å². The lowest BCUT2D eigenvalue weighted by Gasteiger charge is -2.31. The largest absolute Gasteiger partial charge is 0.310 e. The first kappa shape index (κ1) is 15.6. The van der Waals surface area contributed by atoms with Gasteiger partial charge >= 0.3 is 0 Å². The Bertz CT molecular complexity index is 781. The number of piperidine rings is 1. The highest BCUT2D eigenvalue weighted by atomic mass is 15.1. The Morgan fingerprint density at radius 2 is 1.54 bits per heavy atom. The molecule has 0 bridgehead atoms. The van der Waals surface area contributed by atoms with Gasteiger partial charge in [-0.1, -0.05) is 43.3 Å². The number of aromatic nitrogens is 1. The Hall–Kier alpha value is -1.97. The van der Waals surface area contributed by atoms with Crippen molar-refractivity contribution in [2.45, 2.75) is 32.4 Å². The minimum Gasteiger partial charge on any atom is -0.310 e. The van der Waals surface area contributed by atoms with E-state index in [2.05, 4.69) is 65.7 Å². The molecule has 3 aromatic rings. The third-order valence-corrected chi connectivity index (χ3v) is 5.30. The Labute approximate surface area is 143 Å². The van der Waals surface area contributed by atoms with Crippen LogP contribution in [0, 0.1) is 0 Å². The fourth-order valence-corrected chi connectivity index (χ4v) is 3.82. The molecule has 4 rings (SSSR count). The number of para-hydroxylation sites is 2. The molecule has 24 heavy (non-hydrogen) atoms. The summed E-state index contributed by atoms with van der Waals surface area (Å²) in [5.74, 6) is 0. The van der Waals surface area contributed by atoms with Crippen molar-refractivity contribution in [2.24, 2.45) is 0 Å². The summed E-state index contributed by atoms with van der Waals surface area (Å²) >= 11 is 0. The van der Waals surface area contributed by atoms with Gasteiger partial charge in [0.2, 0.25) is 0 Å². The molecule has 0 saturated carbocycles. The zero-order valence-electron chi connectivity index (χ0n) is 14.3. The van der Waals surface area contributed by atoms with Crippen molar-refractivity contribution in [1.82, 2.24) is 15.2 Å². The van der Waals surface area contributed by atoms with E-state index >= 15 is 0 Å². The van der Waals surface area contributed by atoms with Gasteiger partial charge in [-0.15, -0.1) is 0 Å². The van der Waals surface area contributed by atoms with Crippen LogP contribution in [-0.4, -0.2) is 35.6 Å². The SMILES string of the molecule is CCN1CCC(NCc2c3ccccc3nc3ccccc23)CC1. The Balaban J connectivity index is 1.62. The minimum absolute atomic E-state index is 0.624. The van der Waals surface area contributed by atoms with Gasteiger partial charge in [-0.05, 0) is 50.2 Å². The molecule has 1 aromatic heterocycles. The van der Waals surface area contributed by atoms with E-state index in [1.807, 2.05) is 0 Å². The topological polar surface area (TPSA) is 28.2 Å². The second kappa shape index (κ2) is 6.88. The van der Waals surface area contributed by atoms with Gasteiger partial charge in [0.15, 0.2) is 0 Å². The summed E-state index contributed by atoms with van der Waals surface area (Å²) in [5.41, 5.74) is 3.57. The highest BCUT2D eigenvalue weighted by Crippen LogP contribution is 2.26. The van der Waals surface area contributed by atoms with E-state index in [1.165, 1.54) is 48.8 Å². The van der Waals surface area contributed by atoms with Gasteiger partial charge in [-0.2, -0.15) is 0 Å². The molecule has 1 fully saturated rings. The predicted octanol–water partition coefficient (Wildman–Crippen LogP) is 3.96. The number of nitrogens with zero attached hydrogens (tertiary/aromatic N) is 2. The van der Waals surface area contributed by atoms with Crippen molar-refractivity contribution in [2.75, 3.05) is 19.6 Å². The summed E-state index contributed by atoms with van der Waals surface area (Å²) in [6.45, 7) is 6.77. The molecule has 1 aliphatic heterocycles. The van der Waals surface area contributed by atoms with Gasteiger partial charge in [0.25, 0.3) is 0 Å². The molecule has 1 aliphatic rings. The number of hydrogen-bond acceptors (Lipinski definition) is 3. The number of likely N-dealkylation sites (tertiary alicyclic amines) is 1. The standard InChI is InChI=1S/C21H25N3/c1-2-24-13-11-16(12-14-24)22-15-19-17-7-3-5-9-20(17)23-21-10-6-4-8-18(19)21/h3-10,16,22H,2,11-15H2,1H3. The zero-order chi connectivity index (χ0) is 16.4. The lowest BCUT2D eigenvalue weighted by Crippen LogP contribution is -2.42. The van der Waals surface area contributed by atoms with E-state index in [1.54, 1.807) is 0 Å². The van der Waals surface area contributed by atoms with E-state index in [-0.39, 0.29) is 0 Å². The van der Waals surface area contributed by atoms with Gasteiger partial charge in [-0.3, -0.25) is 0 Å². The molecular formula is C21H25N3. The predicted molar refractivity (Wildman–Crippen MR) is 101 cm³/mol. The van der Waals surface area contributed by atoms with E-state index in [4.69, 9.17) is 4.98 Å². The average molecular weight is 319 g/mol. The normalized spacial score (nSPS) is 16.9. The summed E-state index contributed by atoms with van der Waals surface area (Å²) in [7, 11) is 0. The molecule has 0 amide bonds. The maximum Gasteiger partial charge on any atom is 0.0713 e. The van der Waals surface area contributed by atoms with Crippen LogP contribution < -0.4 is 5.32 Å². The van der Waals surface area contributed by atoms with Crippen LogP contribution in [0.15, 0.2) is 48.5 Å². The summed E-state index contributed by atoms with van der Waals surface area (Å²) in [6, 6.07) is 17.6. The molecule has 0 radical (unpaired) electrons. The first-order chi connectivity index (χ1) is 11.8. The Kier molecular flexibility index (Phi) is 4.46. The zero-order valence-corrected chi connectivity index (χ0v) is 14.3. The molecule has 1 N–H and O–H groups in total. The quantitative estimate of drug-likeness (QED) is 0.738. The van der Waals surface area contributed by atoms with Crippen molar-refractivity contribution in [3.05, 3.63) is 54.1 Å². The first-order valence-electron chi connectivity index (χ1n) is 9.07. The number of benzene rings is 2. The van der Waals surface area contributed by atoms with Crippen LogP contribution >= 0.6 is 0 Å². The highest BCUT2D eigenvalue weighted by Gasteiger charge is 2.18. The van der Waals surface area contributed by atoms with Crippen molar-refractivity contribution in [1.29, 1.82) is 0 Å². The molecule has 124 valence electrons. The number of hydrogen-bond donors (Lipinski definition) is 1. The van der Waals surface area contributed by atoms with Crippen molar-refractivity contribution in [3.8, 4) is 0 Å². The third kappa shape index (κ3) is 3.02. The van der Waals surface area contributed by atoms with Crippen LogP contribution in [0.3, 0.4) is 0 Å². The van der Waals surface area contributed by atoms with Crippen LogP contribution in [0.5, 0.6) is 0 Å². The Morgan fingerprint density at radius 3 is 2.12 bits per heavy atom. The molecule has 1 saturated heterocycles. The van der Waals surface area contributed by atoms with Gasteiger partial charge in [0.1, 0.15) is 0 Å². The van der Waals surface area contributed by atoms with Crippen LogP contribution in [0.1, 0.15) is 25.3 Å². The van der Waals surface area contributed by atoms with Crippen LogP contribution in [0.25, 0.3) is 21.8 Å². The summed E-state index contributed by atoms with van der Waals surface area (Å²) in [4.78, 5) is 7.36. The van der Waals surface area contributed by atoms with Gasteiger partial charge in [0.05, 0.1) is 11.0 Å². The second-order valence-corrected chi connectivity index (χ2v) is 6.71. The molecule has 2 heterocycles. The van der Waals surface area contributed by atoms with E-state index in [0.29, 0.717) is 6.04 Å². The van der Waals surface area contributed by atoms with Crippen molar-refractivity contribution in [3.63, 3.8) is 0 Å².